The van der Waals surface area contributed by atoms with Crippen molar-refractivity contribution in [1.82, 2.24) is 0 Å². The minimum absolute atomic E-state index is 0.184. The van der Waals surface area contributed by atoms with Crippen molar-refractivity contribution < 1.29 is 18.0 Å². The molecule has 0 fully saturated rings. The minimum Gasteiger partial charge on any atom is -0.326 e. The van der Waals surface area contributed by atoms with E-state index in [-0.39, 0.29) is 27.8 Å². The summed E-state index contributed by atoms with van der Waals surface area (Å²) in [5.74, 6) is -0.574. The lowest BCUT2D eigenvalue weighted by molar-refractivity contribution is -0.114. The van der Waals surface area contributed by atoms with Gasteiger partial charge in [-0.05, 0) is 72.0 Å². The molecule has 8 heteroatoms. The van der Waals surface area contributed by atoms with Gasteiger partial charge < -0.3 is 10.6 Å². The van der Waals surface area contributed by atoms with Crippen LogP contribution in [0.4, 0.5) is 17.1 Å². The lowest BCUT2D eigenvalue weighted by Gasteiger charge is -2.21. The Bertz CT molecular complexity index is 1320. The average Bonchev–Trinajstić information content (AvgIpc) is 2.74. The largest absolute Gasteiger partial charge is 0.326 e. The summed E-state index contributed by atoms with van der Waals surface area (Å²) >= 11 is 0. The number of carbonyl (C=O) groups is 2. The number of amides is 2. The maximum absolute atomic E-state index is 13.1. The van der Waals surface area contributed by atoms with Crippen LogP contribution in [-0.4, -0.2) is 20.2 Å². The Morgan fingerprint density at radius 3 is 2.00 bits per heavy atom. The predicted octanol–water partition coefficient (Wildman–Crippen LogP) is 5.30. The van der Waals surface area contributed by atoms with Crippen LogP contribution in [0.5, 0.6) is 0 Å². The summed E-state index contributed by atoms with van der Waals surface area (Å²) < 4.78 is 28.9. The zero-order valence-corrected chi connectivity index (χ0v) is 20.7. The van der Waals surface area contributed by atoms with E-state index in [0.717, 1.165) is 5.56 Å². The maximum Gasteiger partial charge on any atom is 0.262 e. The molecule has 34 heavy (non-hydrogen) atoms. The van der Waals surface area contributed by atoms with Gasteiger partial charge in [0, 0.05) is 29.5 Å². The van der Waals surface area contributed by atoms with Crippen LogP contribution in [0, 0.1) is 6.92 Å². The van der Waals surface area contributed by atoms with Crippen LogP contribution in [-0.2, 0) is 20.2 Å². The number of rotatable bonds is 6. The fourth-order valence-corrected chi connectivity index (χ4v) is 4.65. The zero-order valence-electron chi connectivity index (χ0n) is 19.9. The van der Waals surface area contributed by atoms with Crippen molar-refractivity contribution in [2.45, 2.75) is 44.9 Å². The van der Waals surface area contributed by atoms with E-state index < -0.39 is 10.0 Å². The van der Waals surface area contributed by atoms with Crippen molar-refractivity contribution in [3.05, 3.63) is 83.4 Å². The topological polar surface area (TPSA) is 104 Å². The minimum atomic E-state index is -3.86. The Morgan fingerprint density at radius 1 is 0.794 bits per heavy atom. The van der Waals surface area contributed by atoms with Gasteiger partial charge in [0.05, 0.1) is 4.90 Å². The van der Waals surface area contributed by atoms with E-state index >= 15 is 0 Å². The summed E-state index contributed by atoms with van der Waals surface area (Å²) in [5, 5.41) is 5.42. The first kappa shape index (κ1) is 25.0. The molecule has 3 rings (SSSR count). The van der Waals surface area contributed by atoms with Gasteiger partial charge >= 0.3 is 0 Å². The van der Waals surface area contributed by atoms with Crippen LogP contribution in [0.2, 0.25) is 0 Å². The zero-order chi connectivity index (χ0) is 25.1. The van der Waals surface area contributed by atoms with Crippen molar-refractivity contribution in [2.24, 2.45) is 0 Å². The lowest BCUT2D eigenvalue weighted by Crippen LogP contribution is -2.18. The van der Waals surface area contributed by atoms with E-state index in [0.29, 0.717) is 22.5 Å². The third-order valence-electron chi connectivity index (χ3n) is 5.18. The second-order valence-electron chi connectivity index (χ2n) is 9.13. The Balaban J connectivity index is 1.79. The van der Waals surface area contributed by atoms with Gasteiger partial charge in [-0.3, -0.25) is 14.3 Å². The Kier molecular flexibility index (Phi) is 7.12. The van der Waals surface area contributed by atoms with Crippen molar-refractivity contribution >= 4 is 38.9 Å². The van der Waals surface area contributed by atoms with E-state index in [1.807, 2.05) is 26.8 Å². The van der Waals surface area contributed by atoms with E-state index in [2.05, 4.69) is 15.4 Å². The number of aryl methyl sites for hydroxylation is 1. The van der Waals surface area contributed by atoms with Gasteiger partial charge in [0.15, 0.2) is 0 Å². The molecule has 0 aliphatic rings. The van der Waals surface area contributed by atoms with Gasteiger partial charge in [-0.2, -0.15) is 0 Å². The number of nitrogens with one attached hydrogen (secondary N) is 3. The molecule has 3 N–H and O–H groups in total. The molecule has 0 saturated heterocycles. The average molecular weight is 480 g/mol. The van der Waals surface area contributed by atoms with Gasteiger partial charge in [-0.15, -0.1) is 0 Å². The highest BCUT2D eigenvalue weighted by molar-refractivity contribution is 7.92. The van der Waals surface area contributed by atoms with E-state index in [1.165, 1.54) is 13.0 Å². The summed E-state index contributed by atoms with van der Waals surface area (Å²) in [4.78, 5) is 24.1. The molecule has 0 saturated carbocycles. The number of hydrogen-bond acceptors (Lipinski definition) is 4. The number of sulfonamides is 1. The molecule has 7 nitrogen and oxygen atoms in total. The second kappa shape index (κ2) is 9.69. The SMILES string of the molecule is CC(=O)Nc1ccc(NC(=O)c2cccc(NS(=O)(=O)c3cc(C(C)(C)C)ccc3C)c2)cc1. The first-order valence-corrected chi connectivity index (χ1v) is 12.3. The third-order valence-corrected chi connectivity index (χ3v) is 6.71. The normalized spacial score (nSPS) is 11.6. The summed E-state index contributed by atoms with van der Waals surface area (Å²) in [6.07, 6.45) is 0. The first-order valence-electron chi connectivity index (χ1n) is 10.8. The van der Waals surface area contributed by atoms with Crippen molar-refractivity contribution in [3.8, 4) is 0 Å². The Labute approximate surface area is 200 Å². The van der Waals surface area contributed by atoms with E-state index in [1.54, 1.807) is 61.5 Å². The van der Waals surface area contributed by atoms with Gasteiger partial charge in [0.1, 0.15) is 0 Å². The van der Waals surface area contributed by atoms with Gasteiger partial charge in [0.2, 0.25) is 5.91 Å². The summed E-state index contributed by atoms with van der Waals surface area (Å²) in [6.45, 7) is 9.24. The number of carbonyl (C=O) groups excluding carboxylic acids is 2. The highest BCUT2D eigenvalue weighted by Crippen LogP contribution is 2.28. The molecule has 0 heterocycles. The Hall–Kier alpha value is -3.65. The van der Waals surface area contributed by atoms with Crippen molar-refractivity contribution in [2.75, 3.05) is 15.4 Å². The molecule has 0 aliphatic carbocycles. The number of benzene rings is 3. The molecular weight excluding hydrogens is 450 g/mol. The molecule has 2 amide bonds. The van der Waals surface area contributed by atoms with Crippen molar-refractivity contribution in [3.63, 3.8) is 0 Å². The molecule has 0 radical (unpaired) electrons. The quantitative estimate of drug-likeness (QED) is 0.446. The van der Waals surface area contributed by atoms with Crippen LogP contribution in [0.3, 0.4) is 0 Å². The molecule has 3 aromatic carbocycles. The lowest BCUT2D eigenvalue weighted by atomic mass is 9.87. The predicted molar refractivity (Wildman–Crippen MR) is 136 cm³/mol. The number of hydrogen-bond donors (Lipinski definition) is 3. The maximum atomic E-state index is 13.1. The van der Waals surface area contributed by atoms with Crippen LogP contribution in [0.25, 0.3) is 0 Å². The fraction of sp³-hybridized carbons (Fsp3) is 0.231. The molecule has 0 spiro atoms. The molecule has 0 atom stereocenters. The van der Waals surface area contributed by atoms with Gasteiger partial charge in [0.25, 0.3) is 15.9 Å². The van der Waals surface area contributed by atoms with Crippen LogP contribution >= 0.6 is 0 Å². The van der Waals surface area contributed by atoms with Crippen molar-refractivity contribution in [1.29, 1.82) is 0 Å². The molecule has 0 aromatic heterocycles. The van der Waals surface area contributed by atoms with Gasteiger partial charge in [-0.1, -0.05) is 39.0 Å². The molecule has 3 aromatic rings. The molecule has 0 aliphatic heterocycles. The van der Waals surface area contributed by atoms with Crippen LogP contribution < -0.4 is 15.4 Å². The molecule has 178 valence electrons. The summed E-state index contributed by atoms with van der Waals surface area (Å²) in [6, 6.07) is 18.4. The summed E-state index contributed by atoms with van der Waals surface area (Å²) in [7, 11) is -3.86. The molecular formula is C26H29N3O4S. The van der Waals surface area contributed by atoms with Crippen LogP contribution in [0.1, 0.15) is 49.2 Å². The molecule has 0 unspecified atom stereocenters. The number of anilines is 3. The standard InChI is InChI=1S/C26H29N3O4S/c1-17-9-10-20(26(3,4)5)16-24(17)34(32,33)29-23-8-6-7-19(15-23)25(31)28-22-13-11-21(12-14-22)27-18(2)30/h6-16,29H,1-5H3,(H,27,30)(H,28,31). The highest BCUT2D eigenvalue weighted by Gasteiger charge is 2.22. The Morgan fingerprint density at radius 2 is 1.41 bits per heavy atom. The first-order chi connectivity index (χ1) is 15.8. The van der Waals surface area contributed by atoms with Gasteiger partial charge in [-0.25, -0.2) is 8.42 Å². The van der Waals surface area contributed by atoms with E-state index in [4.69, 9.17) is 0 Å². The fourth-order valence-electron chi connectivity index (χ4n) is 3.33. The smallest absolute Gasteiger partial charge is 0.262 e. The summed E-state index contributed by atoms with van der Waals surface area (Å²) in [5.41, 5.74) is 3.09. The van der Waals surface area contributed by atoms with Crippen LogP contribution in [0.15, 0.2) is 71.6 Å². The second-order valence-corrected chi connectivity index (χ2v) is 10.8. The molecule has 0 bridgehead atoms. The monoisotopic (exact) mass is 479 g/mol. The third kappa shape index (κ3) is 6.23. The highest BCUT2D eigenvalue weighted by atomic mass is 32.2. The van der Waals surface area contributed by atoms with E-state index in [9.17, 15) is 18.0 Å².